The van der Waals surface area contributed by atoms with Crippen LogP contribution in [0.2, 0.25) is 0 Å². The molecule has 0 unspecified atom stereocenters. The van der Waals surface area contributed by atoms with Crippen molar-refractivity contribution in [3.05, 3.63) is 59.9 Å². The van der Waals surface area contributed by atoms with E-state index in [2.05, 4.69) is 15.2 Å². The third-order valence-corrected chi connectivity index (χ3v) is 3.10. The van der Waals surface area contributed by atoms with Crippen molar-refractivity contribution in [2.24, 2.45) is 0 Å². The summed E-state index contributed by atoms with van der Waals surface area (Å²) in [6.45, 7) is 3.25. The predicted octanol–water partition coefficient (Wildman–Crippen LogP) is 2.26. The number of aryl methyl sites for hydroxylation is 1. The fourth-order valence-electron chi connectivity index (χ4n) is 1.85. The third kappa shape index (κ3) is 3.82. The highest BCUT2D eigenvalue weighted by Gasteiger charge is 2.05. The summed E-state index contributed by atoms with van der Waals surface area (Å²) in [5, 5.41) is 2.90. The topological polar surface area (TPSA) is 45.2 Å². The van der Waals surface area contributed by atoms with E-state index < -0.39 is 0 Å². The molecule has 104 valence electrons. The Morgan fingerprint density at radius 3 is 2.60 bits per heavy atom. The second kappa shape index (κ2) is 6.70. The van der Waals surface area contributed by atoms with E-state index in [1.54, 1.807) is 12.3 Å². The number of hydrogen-bond donors (Lipinski definition) is 1. The van der Waals surface area contributed by atoms with Crippen LogP contribution in [0.25, 0.3) is 0 Å². The van der Waals surface area contributed by atoms with Crippen LogP contribution in [0.1, 0.15) is 16.1 Å². The highest BCUT2D eigenvalue weighted by Crippen LogP contribution is 2.09. The maximum absolute atomic E-state index is 11.9. The van der Waals surface area contributed by atoms with Crippen LogP contribution in [0, 0.1) is 6.92 Å². The molecule has 1 aromatic carbocycles. The second-order valence-electron chi connectivity index (χ2n) is 4.70. The zero-order chi connectivity index (χ0) is 14.4. The Labute approximate surface area is 119 Å². The summed E-state index contributed by atoms with van der Waals surface area (Å²) in [6.07, 6.45) is 1.60. The first-order chi connectivity index (χ1) is 9.66. The lowest BCUT2D eigenvalue weighted by atomic mass is 10.2. The Bertz CT molecular complexity index is 552. The molecule has 0 bridgehead atoms. The van der Waals surface area contributed by atoms with E-state index in [0.29, 0.717) is 12.1 Å². The van der Waals surface area contributed by atoms with Gasteiger partial charge >= 0.3 is 0 Å². The molecule has 20 heavy (non-hydrogen) atoms. The maximum Gasteiger partial charge on any atom is 0.252 e. The number of pyridine rings is 1. The lowest BCUT2D eigenvalue weighted by Crippen LogP contribution is -2.33. The van der Waals surface area contributed by atoms with Crippen molar-refractivity contribution in [2.45, 2.75) is 6.92 Å². The lowest BCUT2D eigenvalue weighted by molar-refractivity contribution is 0.0954. The van der Waals surface area contributed by atoms with Gasteiger partial charge in [-0.25, -0.2) is 0 Å². The van der Waals surface area contributed by atoms with E-state index in [1.165, 1.54) is 0 Å². The van der Waals surface area contributed by atoms with Gasteiger partial charge in [0.05, 0.1) is 5.56 Å². The van der Waals surface area contributed by atoms with Gasteiger partial charge in [-0.05, 0) is 31.2 Å². The van der Waals surface area contributed by atoms with Crippen molar-refractivity contribution in [1.82, 2.24) is 10.3 Å². The predicted molar refractivity (Wildman–Crippen MR) is 81.0 cm³/mol. The number of amides is 1. The monoisotopic (exact) mass is 269 g/mol. The molecule has 0 atom stereocenters. The molecule has 0 fully saturated rings. The fraction of sp³-hybridized carbons (Fsp3) is 0.250. The number of nitrogens with zero attached hydrogens (tertiary/aromatic N) is 2. The van der Waals surface area contributed by atoms with Gasteiger partial charge in [-0.1, -0.05) is 18.2 Å². The molecular weight excluding hydrogens is 250 g/mol. The number of benzene rings is 1. The minimum absolute atomic E-state index is 0.0843. The summed E-state index contributed by atoms with van der Waals surface area (Å²) in [5.74, 6) is -0.0843. The number of likely N-dealkylation sites (N-methyl/N-ethyl adjacent to an activating group) is 1. The molecule has 1 aromatic heterocycles. The molecule has 0 radical (unpaired) electrons. The molecule has 4 heteroatoms. The van der Waals surface area contributed by atoms with Crippen molar-refractivity contribution in [3.63, 3.8) is 0 Å². The van der Waals surface area contributed by atoms with Crippen molar-refractivity contribution in [2.75, 3.05) is 25.0 Å². The molecule has 1 N–H and O–H groups in total. The van der Waals surface area contributed by atoms with Gasteiger partial charge in [0.2, 0.25) is 0 Å². The summed E-state index contributed by atoms with van der Waals surface area (Å²) in [6, 6.07) is 13.7. The summed E-state index contributed by atoms with van der Waals surface area (Å²) >= 11 is 0. The molecule has 0 aliphatic carbocycles. The average molecular weight is 269 g/mol. The SMILES string of the molecule is Cc1ccc(C(=O)NCCN(C)c2ccccc2)cn1. The quantitative estimate of drug-likeness (QED) is 0.905. The van der Waals surface area contributed by atoms with E-state index in [9.17, 15) is 4.79 Å². The number of nitrogens with one attached hydrogen (secondary N) is 1. The summed E-state index contributed by atoms with van der Waals surface area (Å²) in [4.78, 5) is 18.1. The van der Waals surface area contributed by atoms with Gasteiger partial charge in [0.1, 0.15) is 0 Å². The fourth-order valence-corrected chi connectivity index (χ4v) is 1.85. The number of anilines is 1. The number of hydrogen-bond acceptors (Lipinski definition) is 3. The van der Waals surface area contributed by atoms with Gasteiger partial charge in [-0.2, -0.15) is 0 Å². The molecule has 0 saturated heterocycles. The van der Waals surface area contributed by atoms with Crippen molar-refractivity contribution in [1.29, 1.82) is 0 Å². The smallest absolute Gasteiger partial charge is 0.252 e. The van der Waals surface area contributed by atoms with Gasteiger partial charge in [0.25, 0.3) is 5.91 Å². The van der Waals surface area contributed by atoms with Gasteiger partial charge in [-0.3, -0.25) is 9.78 Å². The van der Waals surface area contributed by atoms with E-state index in [-0.39, 0.29) is 5.91 Å². The molecule has 0 spiro atoms. The molecule has 4 nitrogen and oxygen atoms in total. The van der Waals surface area contributed by atoms with Crippen LogP contribution < -0.4 is 10.2 Å². The number of carbonyl (C=O) groups excluding carboxylic acids is 1. The van der Waals surface area contributed by atoms with Crippen molar-refractivity contribution < 1.29 is 4.79 Å². The lowest BCUT2D eigenvalue weighted by Gasteiger charge is -2.19. The molecule has 0 aliphatic heterocycles. The van der Waals surface area contributed by atoms with Gasteiger partial charge in [0.15, 0.2) is 0 Å². The Balaban J connectivity index is 1.81. The molecular formula is C16H19N3O. The normalized spacial score (nSPS) is 10.1. The van der Waals surface area contributed by atoms with Crippen molar-refractivity contribution >= 4 is 11.6 Å². The van der Waals surface area contributed by atoms with Crippen LogP contribution in [0.3, 0.4) is 0 Å². The minimum Gasteiger partial charge on any atom is -0.373 e. The summed E-state index contributed by atoms with van der Waals surface area (Å²) in [7, 11) is 2.01. The molecule has 2 aromatic rings. The van der Waals surface area contributed by atoms with Crippen LogP contribution in [-0.2, 0) is 0 Å². The second-order valence-corrected chi connectivity index (χ2v) is 4.70. The largest absolute Gasteiger partial charge is 0.373 e. The number of rotatable bonds is 5. The van der Waals surface area contributed by atoms with Crippen LogP contribution in [0.15, 0.2) is 48.7 Å². The first-order valence-corrected chi connectivity index (χ1v) is 6.64. The van der Waals surface area contributed by atoms with Crippen molar-refractivity contribution in [3.8, 4) is 0 Å². The molecule has 1 heterocycles. The Kier molecular flexibility index (Phi) is 4.71. The highest BCUT2D eigenvalue weighted by atomic mass is 16.1. The third-order valence-electron chi connectivity index (χ3n) is 3.10. The van der Waals surface area contributed by atoms with Crippen LogP contribution in [-0.4, -0.2) is 31.0 Å². The van der Waals surface area contributed by atoms with Gasteiger partial charge in [-0.15, -0.1) is 0 Å². The maximum atomic E-state index is 11.9. The summed E-state index contributed by atoms with van der Waals surface area (Å²) < 4.78 is 0. The Morgan fingerprint density at radius 2 is 1.95 bits per heavy atom. The first kappa shape index (κ1) is 14.1. The van der Waals surface area contributed by atoms with Gasteiger partial charge in [0, 0.05) is 37.7 Å². The molecule has 1 amide bonds. The van der Waals surface area contributed by atoms with Crippen LogP contribution in [0.5, 0.6) is 0 Å². The van der Waals surface area contributed by atoms with Crippen LogP contribution in [0.4, 0.5) is 5.69 Å². The average Bonchev–Trinajstić information content (AvgIpc) is 2.48. The molecule has 0 saturated carbocycles. The molecule has 0 aliphatic rings. The number of carbonyl (C=O) groups is 1. The standard InChI is InChI=1S/C16H19N3O/c1-13-8-9-14(12-18-13)16(20)17-10-11-19(2)15-6-4-3-5-7-15/h3-9,12H,10-11H2,1-2H3,(H,17,20). The summed E-state index contributed by atoms with van der Waals surface area (Å²) in [5.41, 5.74) is 2.64. The zero-order valence-electron chi connectivity index (χ0n) is 11.8. The van der Waals surface area contributed by atoms with E-state index in [1.807, 2.05) is 50.4 Å². The highest BCUT2D eigenvalue weighted by molar-refractivity contribution is 5.93. The minimum atomic E-state index is -0.0843. The van der Waals surface area contributed by atoms with E-state index >= 15 is 0 Å². The van der Waals surface area contributed by atoms with E-state index in [0.717, 1.165) is 17.9 Å². The van der Waals surface area contributed by atoms with Gasteiger partial charge < -0.3 is 10.2 Å². The zero-order valence-corrected chi connectivity index (χ0v) is 11.8. The Morgan fingerprint density at radius 1 is 1.20 bits per heavy atom. The number of aromatic nitrogens is 1. The van der Waals surface area contributed by atoms with Crippen LogP contribution >= 0.6 is 0 Å². The molecule has 2 rings (SSSR count). The number of para-hydroxylation sites is 1. The first-order valence-electron chi connectivity index (χ1n) is 6.64. The Hall–Kier alpha value is -2.36. The van der Waals surface area contributed by atoms with E-state index in [4.69, 9.17) is 0 Å².